The summed E-state index contributed by atoms with van der Waals surface area (Å²) in [6.07, 6.45) is 0.706. The third kappa shape index (κ3) is 3.95. The third-order valence-corrected chi connectivity index (χ3v) is 3.57. The van der Waals surface area contributed by atoms with Crippen LogP contribution in [0.2, 0.25) is 0 Å². The van der Waals surface area contributed by atoms with E-state index < -0.39 is 16.9 Å². The van der Waals surface area contributed by atoms with Crippen molar-refractivity contribution < 1.29 is 14.4 Å². The second kappa shape index (κ2) is 5.90. The molecule has 1 aliphatic heterocycles. The molecule has 4 N–H and O–H groups in total. The molecule has 1 fully saturated rings. The molecular weight excluding hydrogens is 260 g/mol. The van der Waals surface area contributed by atoms with Gasteiger partial charge in [0.2, 0.25) is 17.7 Å². The van der Waals surface area contributed by atoms with Crippen LogP contribution < -0.4 is 16.4 Å². The Morgan fingerprint density at radius 2 is 2.20 bits per heavy atom. The smallest absolute Gasteiger partial charge is 0.223 e. The van der Waals surface area contributed by atoms with Crippen LogP contribution in [0.4, 0.5) is 0 Å². The largest absolute Gasteiger partial charge is 0.369 e. The highest BCUT2D eigenvalue weighted by molar-refractivity contribution is 5.84. The van der Waals surface area contributed by atoms with Crippen molar-refractivity contribution >= 4 is 17.7 Å². The van der Waals surface area contributed by atoms with Crippen molar-refractivity contribution in [3.8, 4) is 6.07 Å². The zero-order valence-corrected chi connectivity index (χ0v) is 11.8. The number of carbonyl (C=O) groups is 3. The first-order valence-electron chi connectivity index (χ1n) is 6.50. The molecule has 1 atom stereocenters. The summed E-state index contributed by atoms with van der Waals surface area (Å²) in [5, 5.41) is 14.4. The minimum absolute atomic E-state index is 0.0472. The number of rotatable bonds is 5. The molecule has 20 heavy (non-hydrogen) atoms. The van der Waals surface area contributed by atoms with E-state index in [4.69, 9.17) is 5.73 Å². The molecule has 0 aromatic carbocycles. The van der Waals surface area contributed by atoms with E-state index >= 15 is 0 Å². The fourth-order valence-corrected chi connectivity index (χ4v) is 1.95. The van der Waals surface area contributed by atoms with Crippen LogP contribution in [-0.4, -0.2) is 29.8 Å². The van der Waals surface area contributed by atoms with Crippen molar-refractivity contribution in [3.63, 3.8) is 0 Å². The maximum atomic E-state index is 11.9. The maximum absolute atomic E-state index is 11.9. The minimum Gasteiger partial charge on any atom is -0.369 e. The summed E-state index contributed by atoms with van der Waals surface area (Å²) in [6, 6.07) is 2.01. The number of primary amides is 1. The average molecular weight is 280 g/mol. The Balaban J connectivity index is 2.59. The van der Waals surface area contributed by atoms with Crippen LogP contribution in [0.25, 0.3) is 0 Å². The molecule has 0 aliphatic carbocycles. The van der Waals surface area contributed by atoms with E-state index in [0.717, 1.165) is 0 Å². The average Bonchev–Trinajstić information content (AvgIpc) is 2.36. The Kier molecular flexibility index (Phi) is 4.71. The monoisotopic (exact) mass is 280 g/mol. The van der Waals surface area contributed by atoms with Gasteiger partial charge in [-0.05, 0) is 6.42 Å². The van der Waals surface area contributed by atoms with Crippen LogP contribution in [0, 0.1) is 16.7 Å². The van der Waals surface area contributed by atoms with Crippen molar-refractivity contribution in [2.45, 2.75) is 45.1 Å². The van der Waals surface area contributed by atoms with Gasteiger partial charge in [-0.25, -0.2) is 0 Å². The molecule has 1 heterocycles. The quantitative estimate of drug-likeness (QED) is 0.631. The van der Waals surface area contributed by atoms with Crippen LogP contribution in [0.1, 0.15) is 39.5 Å². The molecule has 1 rings (SSSR count). The molecule has 3 amide bonds. The molecule has 0 aromatic rings. The van der Waals surface area contributed by atoms with Crippen molar-refractivity contribution in [2.24, 2.45) is 11.1 Å². The molecule has 1 saturated heterocycles. The van der Waals surface area contributed by atoms with Gasteiger partial charge in [-0.15, -0.1) is 0 Å². The lowest BCUT2D eigenvalue weighted by Gasteiger charge is -2.31. The summed E-state index contributed by atoms with van der Waals surface area (Å²) in [7, 11) is 0. The summed E-state index contributed by atoms with van der Waals surface area (Å²) in [5.74, 6) is -1.08. The molecule has 1 aliphatic rings. The number of hydrogen-bond donors (Lipinski definition) is 3. The van der Waals surface area contributed by atoms with Crippen molar-refractivity contribution in [1.29, 1.82) is 5.26 Å². The Morgan fingerprint density at radius 3 is 2.70 bits per heavy atom. The van der Waals surface area contributed by atoms with Gasteiger partial charge >= 0.3 is 0 Å². The summed E-state index contributed by atoms with van der Waals surface area (Å²) < 4.78 is 0. The summed E-state index contributed by atoms with van der Waals surface area (Å²) in [5.41, 5.74) is 3.32. The lowest BCUT2D eigenvalue weighted by atomic mass is 9.86. The molecule has 110 valence electrons. The first kappa shape index (κ1) is 16.0. The maximum Gasteiger partial charge on any atom is 0.223 e. The zero-order valence-electron chi connectivity index (χ0n) is 11.8. The SMILES string of the molecule is CC(C)(CCC(=O)NC1(C#N)CCNC(=O)C1)C(N)=O. The van der Waals surface area contributed by atoms with Gasteiger partial charge in [0.25, 0.3) is 0 Å². The van der Waals surface area contributed by atoms with Crippen LogP contribution in [0.3, 0.4) is 0 Å². The van der Waals surface area contributed by atoms with Crippen LogP contribution >= 0.6 is 0 Å². The van der Waals surface area contributed by atoms with E-state index in [0.29, 0.717) is 19.4 Å². The highest BCUT2D eigenvalue weighted by atomic mass is 16.2. The Labute approximate surface area is 117 Å². The van der Waals surface area contributed by atoms with Crippen LogP contribution in [-0.2, 0) is 14.4 Å². The molecule has 0 bridgehead atoms. The number of nitrogens with one attached hydrogen (secondary N) is 2. The van der Waals surface area contributed by atoms with E-state index in [9.17, 15) is 19.6 Å². The van der Waals surface area contributed by atoms with Gasteiger partial charge in [0, 0.05) is 24.8 Å². The topological polar surface area (TPSA) is 125 Å². The van der Waals surface area contributed by atoms with Crippen LogP contribution in [0.5, 0.6) is 0 Å². The van der Waals surface area contributed by atoms with Gasteiger partial charge in [-0.1, -0.05) is 13.8 Å². The predicted molar refractivity (Wildman–Crippen MR) is 70.9 cm³/mol. The molecular formula is C13H20N4O3. The van der Waals surface area contributed by atoms with Gasteiger partial charge in [-0.3, -0.25) is 14.4 Å². The second-order valence-corrected chi connectivity index (χ2v) is 5.77. The molecule has 0 radical (unpaired) electrons. The van der Waals surface area contributed by atoms with E-state index in [2.05, 4.69) is 10.6 Å². The summed E-state index contributed by atoms with van der Waals surface area (Å²) in [6.45, 7) is 3.69. The predicted octanol–water partition coefficient (Wildman–Crippen LogP) is -0.433. The molecule has 0 spiro atoms. The number of nitrogens with two attached hydrogens (primary N) is 1. The van der Waals surface area contributed by atoms with Gasteiger partial charge in [-0.2, -0.15) is 5.26 Å². The van der Waals surface area contributed by atoms with Crippen molar-refractivity contribution in [3.05, 3.63) is 0 Å². The Morgan fingerprint density at radius 1 is 1.55 bits per heavy atom. The number of hydrogen-bond acceptors (Lipinski definition) is 4. The third-order valence-electron chi connectivity index (χ3n) is 3.57. The second-order valence-electron chi connectivity index (χ2n) is 5.77. The van der Waals surface area contributed by atoms with E-state index in [1.54, 1.807) is 13.8 Å². The van der Waals surface area contributed by atoms with Crippen molar-refractivity contribution in [2.75, 3.05) is 6.54 Å². The summed E-state index contributed by atoms with van der Waals surface area (Å²) >= 11 is 0. The number of nitrogens with zero attached hydrogens (tertiary/aromatic N) is 1. The lowest BCUT2D eigenvalue weighted by Crippen LogP contribution is -2.55. The zero-order chi connectivity index (χ0) is 15.4. The van der Waals surface area contributed by atoms with Gasteiger partial charge in [0.1, 0.15) is 5.54 Å². The number of piperidine rings is 1. The van der Waals surface area contributed by atoms with E-state index in [1.165, 1.54) is 0 Å². The van der Waals surface area contributed by atoms with E-state index in [-0.39, 0.29) is 24.7 Å². The first-order chi connectivity index (χ1) is 9.21. The fourth-order valence-electron chi connectivity index (χ4n) is 1.95. The molecule has 0 aromatic heterocycles. The molecule has 0 saturated carbocycles. The lowest BCUT2D eigenvalue weighted by molar-refractivity contribution is -0.128. The van der Waals surface area contributed by atoms with E-state index in [1.807, 2.05) is 6.07 Å². The summed E-state index contributed by atoms with van der Waals surface area (Å²) in [4.78, 5) is 34.4. The minimum atomic E-state index is -1.14. The standard InChI is InChI=1S/C13H20N4O3/c1-12(2,11(15)20)4-3-9(18)17-13(8-14)5-6-16-10(19)7-13/h3-7H2,1-2H3,(H2,15,20)(H,16,19)(H,17,18). The highest BCUT2D eigenvalue weighted by Crippen LogP contribution is 2.23. The normalized spacial score (nSPS) is 22.6. The fraction of sp³-hybridized carbons (Fsp3) is 0.692. The van der Waals surface area contributed by atoms with Crippen molar-refractivity contribution in [1.82, 2.24) is 10.6 Å². The van der Waals surface area contributed by atoms with Gasteiger partial charge in [0.05, 0.1) is 12.5 Å². The highest BCUT2D eigenvalue weighted by Gasteiger charge is 2.37. The Hall–Kier alpha value is -2.10. The van der Waals surface area contributed by atoms with Gasteiger partial charge < -0.3 is 16.4 Å². The number of carbonyl (C=O) groups excluding carboxylic acids is 3. The van der Waals surface area contributed by atoms with Gasteiger partial charge in [0.15, 0.2) is 0 Å². The molecule has 1 unspecified atom stereocenters. The molecule has 7 nitrogen and oxygen atoms in total. The number of nitriles is 1. The molecule has 7 heteroatoms. The Bertz CT molecular complexity index is 467. The van der Waals surface area contributed by atoms with Crippen LogP contribution in [0.15, 0.2) is 0 Å². The number of amides is 3. The first-order valence-corrected chi connectivity index (χ1v) is 6.50.